The van der Waals surface area contributed by atoms with Crippen LogP contribution in [0.25, 0.3) is 16.7 Å². The molecule has 20 heavy (non-hydrogen) atoms. The number of imidazole rings is 1. The molecule has 2 aromatic heterocycles. The van der Waals surface area contributed by atoms with Gasteiger partial charge in [0.15, 0.2) is 11.6 Å². The number of pyridine rings is 1. The van der Waals surface area contributed by atoms with Crippen molar-refractivity contribution in [1.82, 2.24) is 14.5 Å². The summed E-state index contributed by atoms with van der Waals surface area (Å²) in [5.41, 5.74) is 0.887. The van der Waals surface area contributed by atoms with Crippen LogP contribution in [0.4, 0.5) is 8.78 Å². The molecule has 102 valence electrons. The van der Waals surface area contributed by atoms with Crippen molar-refractivity contribution in [2.24, 2.45) is 0 Å². The Labute approximate surface area is 126 Å². The molecule has 3 nitrogen and oxygen atoms in total. The molecular formula is C13H7BrClF2N3. The normalized spacial score (nSPS) is 11.2. The molecule has 0 unspecified atom stereocenters. The van der Waals surface area contributed by atoms with Crippen LogP contribution in [0.2, 0.25) is 0 Å². The van der Waals surface area contributed by atoms with Gasteiger partial charge < -0.3 is 0 Å². The molecule has 0 bridgehead atoms. The average Bonchev–Trinajstić information content (AvgIpc) is 2.76. The first-order chi connectivity index (χ1) is 9.61. The topological polar surface area (TPSA) is 30.7 Å². The third kappa shape index (κ3) is 2.09. The van der Waals surface area contributed by atoms with E-state index in [9.17, 15) is 8.78 Å². The van der Waals surface area contributed by atoms with Crippen LogP contribution >= 0.6 is 27.5 Å². The second-order valence-electron chi connectivity index (χ2n) is 4.08. The lowest BCUT2D eigenvalue weighted by Gasteiger charge is -2.10. The molecule has 0 aliphatic heterocycles. The highest BCUT2D eigenvalue weighted by atomic mass is 79.9. The molecular weight excluding hydrogens is 352 g/mol. The zero-order chi connectivity index (χ0) is 14.3. The van der Waals surface area contributed by atoms with Crippen LogP contribution in [0.5, 0.6) is 0 Å². The van der Waals surface area contributed by atoms with Crippen molar-refractivity contribution >= 4 is 38.6 Å². The van der Waals surface area contributed by atoms with E-state index in [1.54, 1.807) is 6.07 Å². The number of alkyl halides is 1. The molecule has 0 radical (unpaired) electrons. The first kappa shape index (κ1) is 13.5. The van der Waals surface area contributed by atoms with E-state index in [0.29, 0.717) is 21.3 Å². The van der Waals surface area contributed by atoms with Crippen LogP contribution in [0.1, 0.15) is 5.82 Å². The SMILES string of the molecule is Fc1cc(Br)cc(F)c1-n1c(CCl)nc2cnccc21. The largest absolute Gasteiger partial charge is 0.290 e. The minimum absolute atomic E-state index is 0.0314. The van der Waals surface area contributed by atoms with Gasteiger partial charge in [-0.05, 0) is 18.2 Å². The Morgan fingerprint density at radius 2 is 1.95 bits per heavy atom. The highest BCUT2D eigenvalue weighted by Gasteiger charge is 2.19. The maximum Gasteiger partial charge on any atom is 0.151 e. The monoisotopic (exact) mass is 357 g/mol. The summed E-state index contributed by atoms with van der Waals surface area (Å²) >= 11 is 8.89. The minimum Gasteiger partial charge on any atom is -0.290 e. The van der Waals surface area contributed by atoms with Gasteiger partial charge in [0.2, 0.25) is 0 Å². The summed E-state index contributed by atoms with van der Waals surface area (Å²) in [4.78, 5) is 8.18. The third-order valence-electron chi connectivity index (χ3n) is 2.85. The number of fused-ring (bicyclic) bond motifs is 1. The third-order valence-corrected chi connectivity index (χ3v) is 3.55. The van der Waals surface area contributed by atoms with Crippen LogP contribution in [0, 0.1) is 11.6 Å². The van der Waals surface area contributed by atoms with Gasteiger partial charge in [-0.3, -0.25) is 9.55 Å². The highest BCUT2D eigenvalue weighted by molar-refractivity contribution is 9.10. The van der Waals surface area contributed by atoms with Crippen molar-refractivity contribution in [2.45, 2.75) is 5.88 Å². The van der Waals surface area contributed by atoms with E-state index >= 15 is 0 Å². The second-order valence-corrected chi connectivity index (χ2v) is 5.26. The Balaban J connectivity index is 2.40. The molecule has 7 heteroatoms. The Morgan fingerprint density at radius 1 is 1.25 bits per heavy atom. The van der Waals surface area contributed by atoms with E-state index in [4.69, 9.17) is 11.6 Å². The van der Waals surface area contributed by atoms with Gasteiger partial charge in [-0.25, -0.2) is 13.8 Å². The lowest BCUT2D eigenvalue weighted by Crippen LogP contribution is -2.05. The van der Waals surface area contributed by atoms with E-state index < -0.39 is 11.6 Å². The fraction of sp³-hybridized carbons (Fsp3) is 0.0769. The Bertz CT molecular complexity index is 780. The van der Waals surface area contributed by atoms with Crippen molar-refractivity contribution < 1.29 is 8.78 Å². The second kappa shape index (κ2) is 5.10. The maximum absolute atomic E-state index is 14.1. The molecule has 0 N–H and O–H groups in total. The van der Waals surface area contributed by atoms with Crippen molar-refractivity contribution in [3.8, 4) is 5.69 Å². The standard InChI is InChI=1S/C13H7BrClF2N3/c14-7-3-8(16)13(9(17)4-7)20-11-1-2-18-6-10(11)19-12(20)5-15/h1-4,6H,5H2. The molecule has 0 saturated carbocycles. The highest BCUT2D eigenvalue weighted by Crippen LogP contribution is 2.28. The Hall–Kier alpha value is -1.53. The first-order valence-corrected chi connectivity index (χ1v) is 6.97. The molecule has 0 atom stereocenters. The Morgan fingerprint density at radius 3 is 2.60 bits per heavy atom. The lowest BCUT2D eigenvalue weighted by molar-refractivity contribution is 0.567. The van der Waals surface area contributed by atoms with Crippen LogP contribution in [-0.2, 0) is 5.88 Å². The van der Waals surface area contributed by atoms with Crippen LogP contribution < -0.4 is 0 Å². The summed E-state index contributed by atoms with van der Waals surface area (Å²) in [6.45, 7) is 0. The lowest BCUT2D eigenvalue weighted by atomic mass is 10.2. The van der Waals surface area contributed by atoms with Crippen molar-refractivity contribution in [3.63, 3.8) is 0 Å². The zero-order valence-electron chi connectivity index (χ0n) is 9.95. The number of benzene rings is 1. The summed E-state index contributed by atoms with van der Waals surface area (Å²) in [7, 11) is 0. The van der Waals surface area contributed by atoms with Gasteiger partial charge in [-0.1, -0.05) is 15.9 Å². The molecule has 2 heterocycles. The number of hydrogen-bond donors (Lipinski definition) is 0. The summed E-state index contributed by atoms with van der Waals surface area (Å²) in [5.74, 6) is -1.00. The fourth-order valence-corrected chi connectivity index (χ4v) is 2.65. The molecule has 3 aromatic rings. The number of hydrogen-bond acceptors (Lipinski definition) is 2. The zero-order valence-corrected chi connectivity index (χ0v) is 12.3. The minimum atomic E-state index is -0.695. The van der Waals surface area contributed by atoms with Gasteiger partial charge in [-0.15, -0.1) is 11.6 Å². The van der Waals surface area contributed by atoms with Gasteiger partial charge in [0.1, 0.15) is 17.0 Å². The predicted octanol–water partition coefficient (Wildman–Crippen LogP) is 4.20. The summed E-state index contributed by atoms with van der Waals surface area (Å²) in [5, 5.41) is 0. The summed E-state index contributed by atoms with van der Waals surface area (Å²) in [6, 6.07) is 4.03. The molecule has 0 amide bonds. The van der Waals surface area contributed by atoms with Gasteiger partial charge in [0.25, 0.3) is 0 Å². The molecule has 0 spiro atoms. The molecule has 0 saturated heterocycles. The van der Waals surface area contributed by atoms with Crippen LogP contribution in [0.15, 0.2) is 35.1 Å². The van der Waals surface area contributed by atoms with E-state index in [2.05, 4.69) is 25.9 Å². The molecule has 3 rings (SSSR count). The van der Waals surface area contributed by atoms with Crippen molar-refractivity contribution in [2.75, 3.05) is 0 Å². The number of nitrogens with zero attached hydrogens (tertiary/aromatic N) is 3. The molecule has 0 aliphatic carbocycles. The molecule has 0 aliphatic rings. The van der Waals surface area contributed by atoms with Gasteiger partial charge >= 0.3 is 0 Å². The van der Waals surface area contributed by atoms with Gasteiger partial charge in [0, 0.05) is 10.7 Å². The smallest absolute Gasteiger partial charge is 0.151 e. The molecule has 1 aromatic carbocycles. The summed E-state index contributed by atoms with van der Waals surface area (Å²) < 4.78 is 30.0. The van der Waals surface area contributed by atoms with Gasteiger partial charge in [-0.2, -0.15) is 0 Å². The van der Waals surface area contributed by atoms with Gasteiger partial charge in [0.05, 0.1) is 17.6 Å². The van der Waals surface area contributed by atoms with Crippen LogP contribution in [0.3, 0.4) is 0 Å². The van der Waals surface area contributed by atoms with E-state index in [1.807, 2.05) is 0 Å². The number of rotatable bonds is 2. The average molecular weight is 359 g/mol. The number of aromatic nitrogens is 3. The quantitative estimate of drug-likeness (QED) is 0.643. The number of halogens is 4. The molecule has 0 fully saturated rings. The van der Waals surface area contributed by atoms with Crippen LogP contribution in [-0.4, -0.2) is 14.5 Å². The van der Waals surface area contributed by atoms with Crippen molar-refractivity contribution in [3.05, 3.63) is 52.5 Å². The Kier molecular flexibility index (Phi) is 3.43. The van der Waals surface area contributed by atoms with Crippen molar-refractivity contribution in [1.29, 1.82) is 0 Å². The van der Waals surface area contributed by atoms with E-state index in [0.717, 1.165) is 0 Å². The van der Waals surface area contributed by atoms with E-state index in [-0.39, 0.29) is 11.6 Å². The maximum atomic E-state index is 14.1. The fourth-order valence-electron chi connectivity index (χ4n) is 2.07. The van der Waals surface area contributed by atoms with E-state index in [1.165, 1.54) is 29.1 Å². The predicted molar refractivity (Wildman–Crippen MR) is 76.0 cm³/mol. The first-order valence-electron chi connectivity index (χ1n) is 5.64. The summed E-state index contributed by atoms with van der Waals surface area (Å²) in [6.07, 6.45) is 3.06.